The smallest absolute Gasteiger partial charge is 0.261 e. The van der Waals surface area contributed by atoms with E-state index in [1.165, 1.54) is 12.1 Å². The Morgan fingerprint density at radius 3 is 2.17 bits per heavy atom. The molecular formula is C21H19BrN2O4S. The van der Waals surface area contributed by atoms with Gasteiger partial charge in [-0.3, -0.25) is 9.52 Å². The Kier molecular flexibility index (Phi) is 6.56. The Morgan fingerprint density at radius 1 is 0.931 bits per heavy atom. The van der Waals surface area contributed by atoms with E-state index in [-0.39, 0.29) is 10.8 Å². The molecule has 0 heterocycles. The topological polar surface area (TPSA) is 84.5 Å². The van der Waals surface area contributed by atoms with Crippen molar-refractivity contribution in [3.05, 3.63) is 82.8 Å². The van der Waals surface area contributed by atoms with Gasteiger partial charge in [-0.1, -0.05) is 12.1 Å². The van der Waals surface area contributed by atoms with Crippen molar-refractivity contribution in [2.75, 3.05) is 16.6 Å². The normalized spacial score (nSPS) is 11.0. The predicted octanol–water partition coefficient (Wildman–Crippen LogP) is 4.90. The van der Waals surface area contributed by atoms with Crippen LogP contribution in [0.1, 0.15) is 17.3 Å². The van der Waals surface area contributed by atoms with Gasteiger partial charge in [-0.15, -0.1) is 0 Å². The third kappa shape index (κ3) is 5.36. The van der Waals surface area contributed by atoms with Crippen molar-refractivity contribution in [3.63, 3.8) is 0 Å². The second-order valence-corrected chi connectivity index (χ2v) is 8.56. The maximum atomic E-state index is 12.6. The van der Waals surface area contributed by atoms with Crippen LogP contribution >= 0.6 is 15.9 Å². The van der Waals surface area contributed by atoms with Gasteiger partial charge in [0.1, 0.15) is 5.75 Å². The second kappa shape index (κ2) is 9.11. The van der Waals surface area contributed by atoms with Gasteiger partial charge >= 0.3 is 0 Å². The number of benzene rings is 3. The minimum Gasteiger partial charge on any atom is -0.494 e. The second-order valence-electron chi connectivity index (χ2n) is 6.02. The van der Waals surface area contributed by atoms with Crippen LogP contribution in [0.25, 0.3) is 0 Å². The lowest BCUT2D eigenvalue weighted by Crippen LogP contribution is -2.14. The molecule has 0 unspecified atom stereocenters. The predicted molar refractivity (Wildman–Crippen MR) is 117 cm³/mol. The number of rotatable bonds is 7. The van der Waals surface area contributed by atoms with Gasteiger partial charge in [0.15, 0.2) is 0 Å². The van der Waals surface area contributed by atoms with Crippen molar-refractivity contribution in [1.29, 1.82) is 0 Å². The van der Waals surface area contributed by atoms with Crippen LogP contribution in [0.15, 0.2) is 82.2 Å². The fourth-order valence-corrected chi connectivity index (χ4v) is 4.08. The lowest BCUT2D eigenvalue weighted by atomic mass is 10.2. The summed E-state index contributed by atoms with van der Waals surface area (Å²) in [6.45, 7) is 2.41. The molecule has 150 valence electrons. The Bertz CT molecular complexity index is 1100. The van der Waals surface area contributed by atoms with E-state index in [2.05, 4.69) is 26.0 Å². The minimum atomic E-state index is -3.75. The fraction of sp³-hybridized carbons (Fsp3) is 0.0952. The number of amides is 1. The largest absolute Gasteiger partial charge is 0.494 e. The van der Waals surface area contributed by atoms with Crippen LogP contribution in [-0.4, -0.2) is 20.9 Å². The standard InChI is InChI=1S/C21H19BrN2O4S/c1-2-28-17-11-7-16(8-12-17)24-29(26,27)18-13-9-15(10-14-18)23-21(25)19-5-3-4-6-20(19)22/h3-14,24H,2H2,1H3,(H,23,25). The van der Waals surface area contributed by atoms with E-state index in [4.69, 9.17) is 4.74 Å². The first kappa shape index (κ1) is 20.9. The molecule has 29 heavy (non-hydrogen) atoms. The number of halogens is 1. The molecule has 0 aliphatic heterocycles. The summed E-state index contributed by atoms with van der Waals surface area (Å²) in [5, 5.41) is 2.75. The molecule has 0 aliphatic rings. The summed E-state index contributed by atoms with van der Waals surface area (Å²) in [5.74, 6) is 0.376. The highest BCUT2D eigenvalue weighted by Gasteiger charge is 2.15. The zero-order chi connectivity index (χ0) is 20.9. The quantitative estimate of drug-likeness (QED) is 0.509. The molecule has 3 aromatic rings. The van der Waals surface area contributed by atoms with Crippen LogP contribution in [0.2, 0.25) is 0 Å². The summed E-state index contributed by atoms with van der Waals surface area (Å²) in [5.41, 5.74) is 1.41. The third-order valence-corrected chi connectivity index (χ3v) is 6.05. The molecule has 3 aromatic carbocycles. The van der Waals surface area contributed by atoms with E-state index in [1.54, 1.807) is 54.6 Å². The number of carbonyl (C=O) groups excluding carboxylic acids is 1. The van der Waals surface area contributed by atoms with Gasteiger partial charge < -0.3 is 10.1 Å². The lowest BCUT2D eigenvalue weighted by Gasteiger charge is -2.11. The molecule has 0 spiro atoms. The van der Waals surface area contributed by atoms with Gasteiger partial charge in [0.2, 0.25) is 0 Å². The SMILES string of the molecule is CCOc1ccc(NS(=O)(=O)c2ccc(NC(=O)c3ccccc3Br)cc2)cc1. The number of nitrogens with one attached hydrogen (secondary N) is 2. The molecule has 0 atom stereocenters. The third-order valence-electron chi connectivity index (χ3n) is 3.96. The van der Waals surface area contributed by atoms with Gasteiger partial charge in [0.05, 0.1) is 17.1 Å². The Hall–Kier alpha value is -2.84. The van der Waals surface area contributed by atoms with E-state index >= 15 is 0 Å². The fourth-order valence-electron chi connectivity index (χ4n) is 2.56. The first-order valence-corrected chi connectivity index (χ1v) is 11.1. The number of sulfonamides is 1. The van der Waals surface area contributed by atoms with Crippen LogP contribution in [-0.2, 0) is 10.0 Å². The molecule has 0 saturated heterocycles. The number of carbonyl (C=O) groups is 1. The van der Waals surface area contributed by atoms with Gasteiger partial charge in [-0.2, -0.15) is 0 Å². The highest BCUT2D eigenvalue weighted by Crippen LogP contribution is 2.22. The van der Waals surface area contributed by atoms with Crippen molar-refractivity contribution in [2.24, 2.45) is 0 Å². The van der Waals surface area contributed by atoms with E-state index in [0.29, 0.717) is 33.8 Å². The minimum absolute atomic E-state index is 0.0882. The van der Waals surface area contributed by atoms with Gasteiger partial charge in [-0.05, 0) is 83.5 Å². The summed E-state index contributed by atoms with van der Waals surface area (Å²) >= 11 is 3.34. The lowest BCUT2D eigenvalue weighted by molar-refractivity contribution is 0.102. The van der Waals surface area contributed by atoms with Crippen LogP contribution in [0.4, 0.5) is 11.4 Å². The average molecular weight is 475 g/mol. The van der Waals surface area contributed by atoms with Crippen LogP contribution < -0.4 is 14.8 Å². The van der Waals surface area contributed by atoms with Crippen molar-refractivity contribution >= 4 is 43.2 Å². The highest BCUT2D eigenvalue weighted by atomic mass is 79.9. The van der Waals surface area contributed by atoms with Crippen molar-refractivity contribution < 1.29 is 17.9 Å². The van der Waals surface area contributed by atoms with Crippen LogP contribution in [0, 0.1) is 0 Å². The first-order chi connectivity index (χ1) is 13.9. The zero-order valence-corrected chi connectivity index (χ0v) is 18.0. The molecule has 6 nitrogen and oxygen atoms in total. The Balaban J connectivity index is 1.70. The van der Waals surface area contributed by atoms with Crippen molar-refractivity contribution in [1.82, 2.24) is 0 Å². The van der Waals surface area contributed by atoms with Gasteiger partial charge in [-0.25, -0.2) is 8.42 Å². The number of ether oxygens (including phenoxy) is 1. The highest BCUT2D eigenvalue weighted by molar-refractivity contribution is 9.10. The van der Waals surface area contributed by atoms with Crippen molar-refractivity contribution in [3.8, 4) is 5.75 Å². The maximum absolute atomic E-state index is 12.6. The van der Waals surface area contributed by atoms with Gasteiger partial charge in [0, 0.05) is 15.8 Å². The number of hydrogen-bond donors (Lipinski definition) is 2. The molecule has 0 aromatic heterocycles. The summed E-state index contributed by atoms with van der Waals surface area (Å²) in [4.78, 5) is 12.4. The summed E-state index contributed by atoms with van der Waals surface area (Å²) in [6, 6.07) is 19.7. The molecule has 1 amide bonds. The summed E-state index contributed by atoms with van der Waals surface area (Å²) in [6.07, 6.45) is 0. The molecule has 0 bridgehead atoms. The van der Waals surface area contributed by atoms with Gasteiger partial charge in [0.25, 0.3) is 15.9 Å². The molecule has 0 radical (unpaired) electrons. The number of anilines is 2. The molecule has 2 N–H and O–H groups in total. The van der Waals surface area contributed by atoms with E-state index in [9.17, 15) is 13.2 Å². The monoisotopic (exact) mass is 474 g/mol. The van der Waals surface area contributed by atoms with Crippen LogP contribution in [0.5, 0.6) is 5.75 Å². The average Bonchev–Trinajstić information content (AvgIpc) is 2.70. The maximum Gasteiger partial charge on any atom is 0.261 e. The molecule has 0 saturated carbocycles. The van der Waals surface area contributed by atoms with Crippen LogP contribution in [0.3, 0.4) is 0 Å². The Labute approximate surface area is 178 Å². The summed E-state index contributed by atoms with van der Waals surface area (Å²) < 4.78 is 33.7. The van der Waals surface area contributed by atoms with E-state index < -0.39 is 10.0 Å². The van der Waals surface area contributed by atoms with E-state index in [1.807, 2.05) is 13.0 Å². The molecule has 3 rings (SSSR count). The Morgan fingerprint density at radius 2 is 1.55 bits per heavy atom. The first-order valence-electron chi connectivity index (χ1n) is 8.80. The molecule has 0 fully saturated rings. The summed E-state index contributed by atoms with van der Waals surface area (Å²) in [7, 11) is -3.75. The molecule has 0 aliphatic carbocycles. The molecule has 8 heteroatoms. The zero-order valence-electron chi connectivity index (χ0n) is 15.6. The molecular weight excluding hydrogens is 456 g/mol. The number of hydrogen-bond acceptors (Lipinski definition) is 4. The van der Waals surface area contributed by atoms with E-state index in [0.717, 1.165) is 0 Å². The van der Waals surface area contributed by atoms with Crippen molar-refractivity contribution in [2.45, 2.75) is 11.8 Å².